The zero-order chi connectivity index (χ0) is 14.7. The average molecular weight is 354 g/mol. The molecule has 2 aromatic rings. The van der Waals surface area contributed by atoms with Crippen LogP contribution in [0, 0.1) is 5.92 Å². The van der Waals surface area contributed by atoms with Crippen molar-refractivity contribution in [2.45, 2.75) is 19.9 Å². The van der Waals surface area contributed by atoms with Crippen LogP contribution in [0.2, 0.25) is 0 Å². The minimum Gasteiger partial charge on any atom is -0.496 e. The van der Waals surface area contributed by atoms with Crippen molar-refractivity contribution in [1.82, 2.24) is 5.32 Å². The Labute approximate surface area is 133 Å². The van der Waals surface area contributed by atoms with Gasteiger partial charge in [0.15, 0.2) is 0 Å². The van der Waals surface area contributed by atoms with E-state index < -0.39 is 0 Å². The predicted octanol–water partition coefficient (Wildman–Crippen LogP) is 5.10. The largest absolute Gasteiger partial charge is 0.496 e. The molecular weight excluding hydrogens is 334 g/mol. The molecular formula is C16H20BrNOS. The SMILES string of the molecule is CNC(c1ccc(-c2ccc(Br)c(OC)c2)s1)C(C)C. The van der Waals surface area contributed by atoms with Gasteiger partial charge in [-0.2, -0.15) is 0 Å². The van der Waals surface area contributed by atoms with Crippen molar-refractivity contribution < 1.29 is 4.74 Å². The summed E-state index contributed by atoms with van der Waals surface area (Å²) in [5.74, 6) is 1.44. The van der Waals surface area contributed by atoms with E-state index in [0.29, 0.717) is 12.0 Å². The van der Waals surface area contributed by atoms with Crippen molar-refractivity contribution in [3.05, 3.63) is 39.7 Å². The van der Waals surface area contributed by atoms with E-state index in [1.54, 1.807) is 7.11 Å². The quantitative estimate of drug-likeness (QED) is 0.806. The molecule has 1 N–H and O–H groups in total. The Hall–Kier alpha value is -0.840. The number of thiophene rings is 1. The minimum atomic E-state index is 0.408. The first-order valence-corrected chi connectivity index (χ1v) is 8.28. The molecule has 0 fully saturated rings. The van der Waals surface area contributed by atoms with Crippen molar-refractivity contribution in [3.63, 3.8) is 0 Å². The summed E-state index contributed by atoms with van der Waals surface area (Å²) in [6.07, 6.45) is 0. The molecule has 1 aromatic carbocycles. The van der Waals surface area contributed by atoms with Gasteiger partial charge in [0.2, 0.25) is 0 Å². The van der Waals surface area contributed by atoms with Gasteiger partial charge in [-0.15, -0.1) is 11.3 Å². The number of benzene rings is 1. The normalized spacial score (nSPS) is 12.7. The number of halogens is 1. The maximum atomic E-state index is 5.37. The standard InChI is InChI=1S/C16H20BrNOS/c1-10(2)16(18-3)15-8-7-14(20-15)11-5-6-12(17)13(9-11)19-4/h5-10,16,18H,1-4H3. The molecule has 1 atom stereocenters. The third kappa shape index (κ3) is 3.25. The van der Waals surface area contributed by atoms with Gasteiger partial charge in [-0.3, -0.25) is 0 Å². The maximum Gasteiger partial charge on any atom is 0.133 e. The second kappa shape index (κ2) is 6.74. The summed E-state index contributed by atoms with van der Waals surface area (Å²) in [5.41, 5.74) is 1.19. The summed E-state index contributed by atoms with van der Waals surface area (Å²) in [6.45, 7) is 4.48. The molecule has 2 rings (SSSR count). The zero-order valence-electron chi connectivity index (χ0n) is 12.2. The van der Waals surface area contributed by atoms with Crippen LogP contribution in [0.3, 0.4) is 0 Å². The molecule has 0 aliphatic carbocycles. The van der Waals surface area contributed by atoms with Gasteiger partial charge < -0.3 is 10.1 Å². The van der Waals surface area contributed by atoms with Crippen LogP contribution >= 0.6 is 27.3 Å². The molecule has 1 unspecified atom stereocenters. The predicted molar refractivity (Wildman–Crippen MR) is 90.6 cm³/mol. The zero-order valence-corrected chi connectivity index (χ0v) is 14.6. The van der Waals surface area contributed by atoms with E-state index in [1.807, 2.05) is 24.5 Å². The Morgan fingerprint density at radius 2 is 1.95 bits per heavy atom. The highest BCUT2D eigenvalue weighted by Crippen LogP contribution is 2.37. The van der Waals surface area contributed by atoms with Gasteiger partial charge in [-0.05, 0) is 58.7 Å². The summed E-state index contributed by atoms with van der Waals surface area (Å²) < 4.78 is 6.35. The monoisotopic (exact) mass is 353 g/mol. The molecule has 2 nitrogen and oxygen atoms in total. The molecule has 0 bridgehead atoms. The van der Waals surface area contributed by atoms with Crippen LogP contribution in [0.15, 0.2) is 34.8 Å². The van der Waals surface area contributed by atoms with Crippen LogP contribution < -0.4 is 10.1 Å². The van der Waals surface area contributed by atoms with Gasteiger partial charge in [0.25, 0.3) is 0 Å². The lowest BCUT2D eigenvalue weighted by molar-refractivity contribution is 0.412. The van der Waals surface area contributed by atoms with Crippen molar-refractivity contribution in [2.24, 2.45) is 5.92 Å². The third-order valence-corrected chi connectivity index (χ3v) is 5.22. The van der Waals surface area contributed by atoms with Gasteiger partial charge in [0.1, 0.15) is 5.75 Å². The van der Waals surface area contributed by atoms with Gasteiger partial charge >= 0.3 is 0 Å². The summed E-state index contributed by atoms with van der Waals surface area (Å²) >= 11 is 5.33. The van der Waals surface area contributed by atoms with E-state index in [1.165, 1.54) is 15.3 Å². The van der Waals surface area contributed by atoms with Crippen molar-refractivity contribution in [3.8, 4) is 16.2 Å². The first-order valence-electron chi connectivity index (χ1n) is 6.67. The molecule has 4 heteroatoms. The Bertz CT molecular complexity index is 580. The molecule has 0 saturated heterocycles. The van der Waals surface area contributed by atoms with Crippen molar-refractivity contribution in [2.75, 3.05) is 14.2 Å². The second-order valence-electron chi connectivity index (χ2n) is 5.06. The Morgan fingerprint density at radius 1 is 1.20 bits per heavy atom. The van der Waals surface area contributed by atoms with Gasteiger partial charge in [-0.25, -0.2) is 0 Å². The Morgan fingerprint density at radius 3 is 2.55 bits per heavy atom. The van der Waals surface area contributed by atoms with Crippen LogP contribution in [0.1, 0.15) is 24.8 Å². The second-order valence-corrected chi connectivity index (χ2v) is 7.03. The Balaban J connectivity index is 2.33. The highest BCUT2D eigenvalue weighted by Gasteiger charge is 2.16. The first kappa shape index (κ1) is 15.5. The number of hydrogen-bond donors (Lipinski definition) is 1. The molecule has 1 heterocycles. The average Bonchev–Trinajstić information content (AvgIpc) is 2.89. The van der Waals surface area contributed by atoms with Crippen LogP contribution in [0.4, 0.5) is 0 Å². The lowest BCUT2D eigenvalue weighted by atomic mass is 10.0. The minimum absolute atomic E-state index is 0.408. The summed E-state index contributed by atoms with van der Waals surface area (Å²) in [4.78, 5) is 2.64. The maximum absolute atomic E-state index is 5.37. The number of rotatable bonds is 5. The van der Waals surface area contributed by atoms with E-state index in [2.05, 4.69) is 59.4 Å². The summed E-state index contributed by atoms with van der Waals surface area (Å²) in [6, 6.07) is 11.0. The van der Waals surface area contributed by atoms with Crippen LogP contribution in [-0.2, 0) is 0 Å². The molecule has 0 radical (unpaired) electrons. The molecule has 0 spiro atoms. The highest BCUT2D eigenvalue weighted by molar-refractivity contribution is 9.10. The van der Waals surface area contributed by atoms with Crippen molar-refractivity contribution in [1.29, 1.82) is 0 Å². The molecule has 0 aliphatic heterocycles. The summed E-state index contributed by atoms with van der Waals surface area (Å²) in [5, 5.41) is 3.39. The smallest absolute Gasteiger partial charge is 0.133 e. The number of methoxy groups -OCH3 is 1. The Kier molecular flexibility index (Phi) is 5.24. The number of hydrogen-bond acceptors (Lipinski definition) is 3. The summed E-state index contributed by atoms with van der Waals surface area (Å²) in [7, 11) is 3.71. The van der Waals surface area contributed by atoms with Gasteiger partial charge in [0, 0.05) is 15.8 Å². The van der Waals surface area contributed by atoms with Gasteiger partial charge in [-0.1, -0.05) is 19.9 Å². The lowest BCUT2D eigenvalue weighted by Crippen LogP contribution is -2.20. The van der Waals surface area contributed by atoms with Gasteiger partial charge in [0.05, 0.1) is 11.6 Å². The number of nitrogens with one attached hydrogen (secondary N) is 1. The fourth-order valence-electron chi connectivity index (χ4n) is 2.29. The topological polar surface area (TPSA) is 21.3 Å². The molecule has 1 aromatic heterocycles. The molecule has 20 heavy (non-hydrogen) atoms. The van der Waals surface area contributed by atoms with E-state index in [-0.39, 0.29) is 0 Å². The fraction of sp³-hybridized carbons (Fsp3) is 0.375. The molecule has 0 amide bonds. The van der Waals surface area contributed by atoms with Crippen LogP contribution in [0.5, 0.6) is 5.75 Å². The van der Waals surface area contributed by atoms with E-state index >= 15 is 0 Å². The van der Waals surface area contributed by atoms with Crippen LogP contribution in [0.25, 0.3) is 10.4 Å². The third-order valence-electron chi connectivity index (χ3n) is 3.35. The molecule has 0 aliphatic rings. The fourth-order valence-corrected chi connectivity index (χ4v) is 3.99. The highest BCUT2D eigenvalue weighted by atomic mass is 79.9. The lowest BCUT2D eigenvalue weighted by Gasteiger charge is -2.18. The van der Waals surface area contributed by atoms with Crippen LogP contribution in [-0.4, -0.2) is 14.2 Å². The molecule has 108 valence electrons. The van der Waals surface area contributed by atoms with Crippen molar-refractivity contribution >= 4 is 27.3 Å². The van der Waals surface area contributed by atoms with E-state index in [9.17, 15) is 0 Å². The van der Waals surface area contributed by atoms with E-state index in [0.717, 1.165) is 10.2 Å². The number of ether oxygens (including phenoxy) is 1. The molecule has 0 saturated carbocycles. The first-order chi connectivity index (χ1) is 9.56. The van der Waals surface area contributed by atoms with E-state index in [4.69, 9.17) is 4.74 Å².